The molecule has 2 N–H and O–H groups in total. The van der Waals surface area contributed by atoms with Crippen LogP contribution in [0.25, 0.3) is 0 Å². The number of ether oxygens (including phenoxy) is 2. The van der Waals surface area contributed by atoms with Crippen molar-refractivity contribution in [1.29, 1.82) is 0 Å². The van der Waals surface area contributed by atoms with Crippen molar-refractivity contribution in [2.24, 2.45) is 0 Å². The van der Waals surface area contributed by atoms with Crippen LogP contribution in [0, 0.1) is 0 Å². The van der Waals surface area contributed by atoms with Crippen molar-refractivity contribution in [1.82, 2.24) is 5.32 Å². The van der Waals surface area contributed by atoms with Crippen molar-refractivity contribution in [2.75, 3.05) is 25.6 Å². The van der Waals surface area contributed by atoms with E-state index in [0.29, 0.717) is 5.56 Å². The van der Waals surface area contributed by atoms with Gasteiger partial charge in [0.1, 0.15) is 12.4 Å². The number of hydrogen-bond donors (Lipinski definition) is 2. The van der Waals surface area contributed by atoms with Gasteiger partial charge in [-0.15, -0.1) is 0 Å². The van der Waals surface area contributed by atoms with E-state index in [1.54, 1.807) is 30.3 Å². The van der Waals surface area contributed by atoms with E-state index in [1.165, 1.54) is 14.0 Å². The molecule has 0 radical (unpaired) electrons. The van der Waals surface area contributed by atoms with Crippen LogP contribution in [0.2, 0.25) is 0 Å². The number of nitrogens with one attached hydrogen (secondary N) is 2. The van der Waals surface area contributed by atoms with Gasteiger partial charge in [0.25, 0.3) is 0 Å². The Morgan fingerprint density at radius 1 is 1.07 bits per heavy atom. The van der Waals surface area contributed by atoms with Gasteiger partial charge in [-0.05, 0) is 23.8 Å². The molecule has 0 saturated heterocycles. The van der Waals surface area contributed by atoms with E-state index in [9.17, 15) is 22.8 Å². The van der Waals surface area contributed by atoms with Gasteiger partial charge in [-0.1, -0.05) is 30.3 Å². The predicted molar refractivity (Wildman–Crippen MR) is 105 cm³/mol. The molecule has 0 aliphatic carbocycles. The lowest BCUT2D eigenvalue weighted by molar-refractivity contribution is -0.137. The minimum Gasteiger partial charge on any atom is -0.489 e. The number of amides is 2. The second kappa shape index (κ2) is 10.6. The van der Waals surface area contributed by atoms with Gasteiger partial charge < -0.3 is 20.1 Å². The summed E-state index contributed by atoms with van der Waals surface area (Å²) in [7, 11) is 1.46. The van der Waals surface area contributed by atoms with E-state index in [1.807, 2.05) is 0 Å². The molecule has 2 amide bonds. The Morgan fingerprint density at radius 3 is 2.37 bits per heavy atom. The maximum absolute atomic E-state index is 13.1. The van der Waals surface area contributed by atoms with Crippen LogP contribution in [0.4, 0.5) is 18.9 Å². The molecule has 162 valence electrons. The van der Waals surface area contributed by atoms with Crippen LogP contribution in [0.5, 0.6) is 5.75 Å². The summed E-state index contributed by atoms with van der Waals surface area (Å²) in [5.41, 5.74) is -0.331. The van der Waals surface area contributed by atoms with Crippen LogP contribution in [-0.2, 0) is 20.5 Å². The molecule has 0 saturated carbocycles. The lowest BCUT2D eigenvalue weighted by Gasteiger charge is -2.19. The number of methoxy groups -OCH3 is 1. The zero-order valence-electron chi connectivity index (χ0n) is 16.6. The molecule has 0 bridgehead atoms. The first-order chi connectivity index (χ1) is 14.2. The minimum atomic E-state index is -4.58. The molecular weight excluding hydrogens is 401 g/mol. The number of alkyl halides is 3. The van der Waals surface area contributed by atoms with E-state index >= 15 is 0 Å². The highest BCUT2D eigenvalue weighted by molar-refractivity contribution is 5.93. The average molecular weight is 424 g/mol. The summed E-state index contributed by atoms with van der Waals surface area (Å²) < 4.78 is 49.6. The summed E-state index contributed by atoms with van der Waals surface area (Å²) in [6, 6.07) is 11.0. The predicted octanol–water partition coefficient (Wildman–Crippen LogP) is 3.94. The van der Waals surface area contributed by atoms with Crippen molar-refractivity contribution in [3.05, 3.63) is 59.7 Å². The highest BCUT2D eigenvalue weighted by Crippen LogP contribution is 2.35. The Bertz CT molecular complexity index is 857. The monoisotopic (exact) mass is 424 g/mol. The van der Waals surface area contributed by atoms with Gasteiger partial charge in [0.2, 0.25) is 11.8 Å². The molecule has 0 fully saturated rings. The fourth-order valence-electron chi connectivity index (χ4n) is 2.73. The van der Waals surface area contributed by atoms with Gasteiger partial charge in [0, 0.05) is 14.0 Å². The Balaban J connectivity index is 2.22. The first-order valence-corrected chi connectivity index (χ1v) is 9.15. The molecule has 30 heavy (non-hydrogen) atoms. The largest absolute Gasteiger partial charge is 0.489 e. The average Bonchev–Trinajstić information content (AvgIpc) is 2.68. The van der Waals surface area contributed by atoms with Crippen molar-refractivity contribution < 1.29 is 32.2 Å². The zero-order chi connectivity index (χ0) is 22.1. The van der Waals surface area contributed by atoms with Gasteiger partial charge in [-0.2, -0.15) is 13.2 Å². The quantitative estimate of drug-likeness (QED) is 0.598. The summed E-state index contributed by atoms with van der Waals surface area (Å²) in [6.45, 7) is 1.65. The van der Waals surface area contributed by atoms with Crippen LogP contribution in [-0.4, -0.2) is 32.1 Å². The van der Waals surface area contributed by atoms with Gasteiger partial charge in [-0.25, -0.2) is 0 Å². The summed E-state index contributed by atoms with van der Waals surface area (Å²) in [5, 5.41) is 5.14. The molecule has 6 nitrogen and oxygen atoms in total. The Morgan fingerprint density at radius 2 is 1.77 bits per heavy atom. The first-order valence-electron chi connectivity index (χ1n) is 9.15. The fourth-order valence-corrected chi connectivity index (χ4v) is 2.73. The van der Waals surface area contributed by atoms with Crippen LogP contribution in [0.1, 0.15) is 30.5 Å². The third-order valence-corrected chi connectivity index (χ3v) is 4.09. The van der Waals surface area contributed by atoms with Gasteiger partial charge in [0.15, 0.2) is 0 Å². The van der Waals surface area contributed by atoms with Crippen LogP contribution in [0.15, 0.2) is 48.5 Å². The molecule has 9 heteroatoms. The van der Waals surface area contributed by atoms with Crippen molar-refractivity contribution in [3.8, 4) is 5.75 Å². The molecule has 0 aromatic heterocycles. The number of carbonyl (C=O) groups is 2. The molecule has 2 aromatic rings. The van der Waals surface area contributed by atoms with Crippen LogP contribution in [0.3, 0.4) is 0 Å². The highest BCUT2D eigenvalue weighted by atomic mass is 19.4. The van der Waals surface area contributed by atoms with Crippen molar-refractivity contribution >= 4 is 17.5 Å². The Hall–Kier alpha value is -3.07. The second-order valence-electron chi connectivity index (χ2n) is 6.47. The maximum Gasteiger partial charge on any atom is 0.416 e. The topological polar surface area (TPSA) is 76.7 Å². The molecule has 0 heterocycles. The third-order valence-electron chi connectivity index (χ3n) is 4.09. The van der Waals surface area contributed by atoms with E-state index in [0.717, 1.165) is 18.2 Å². The lowest BCUT2D eigenvalue weighted by atomic mass is 10.0. The van der Waals surface area contributed by atoms with E-state index in [4.69, 9.17) is 9.47 Å². The maximum atomic E-state index is 13.1. The minimum absolute atomic E-state index is 0.0872. The van der Waals surface area contributed by atoms with Crippen molar-refractivity contribution in [3.63, 3.8) is 0 Å². The standard InChI is InChI=1S/C21H23F3N2O4/c1-14(27)25-17(15-6-4-3-5-7-15)13-20(28)26-18-12-16(21(22,23)24)8-9-19(18)30-11-10-29-2/h3-9,12,17H,10-11,13H2,1-2H3,(H,25,27)(H,26,28). The van der Waals surface area contributed by atoms with Crippen molar-refractivity contribution in [2.45, 2.75) is 25.6 Å². The van der Waals surface area contributed by atoms with E-state index in [-0.39, 0.29) is 37.0 Å². The summed E-state index contributed by atoms with van der Waals surface area (Å²) in [4.78, 5) is 24.1. The Labute approximate surface area is 172 Å². The molecule has 1 unspecified atom stereocenters. The highest BCUT2D eigenvalue weighted by Gasteiger charge is 2.31. The molecule has 0 aliphatic heterocycles. The zero-order valence-corrected chi connectivity index (χ0v) is 16.6. The number of carbonyl (C=O) groups excluding carboxylic acids is 2. The third kappa shape index (κ3) is 7.07. The molecule has 0 spiro atoms. The number of rotatable bonds is 9. The number of hydrogen-bond acceptors (Lipinski definition) is 4. The van der Waals surface area contributed by atoms with Gasteiger partial charge >= 0.3 is 6.18 Å². The van der Waals surface area contributed by atoms with Gasteiger partial charge in [-0.3, -0.25) is 9.59 Å². The molecule has 2 aromatic carbocycles. The SMILES string of the molecule is COCCOc1ccc(C(F)(F)F)cc1NC(=O)CC(NC(C)=O)c1ccccc1. The second-order valence-corrected chi connectivity index (χ2v) is 6.47. The number of anilines is 1. The van der Waals surface area contributed by atoms with E-state index in [2.05, 4.69) is 10.6 Å². The summed E-state index contributed by atoms with van der Waals surface area (Å²) in [6.07, 6.45) is -4.75. The van der Waals surface area contributed by atoms with Crippen LogP contribution < -0.4 is 15.4 Å². The van der Waals surface area contributed by atoms with E-state index < -0.39 is 23.7 Å². The number of halogens is 3. The summed E-state index contributed by atoms with van der Waals surface area (Å²) in [5.74, 6) is -0.822. The molecule has 1 atom stereocenters. The molecular formula is C21H23F3N2O4. The molecule has 2 rings (SSSR count). The summed E-state index contributed by atoms with van der Waals surface area (Å²) >= 11 is 0. The Kier molecular flexibility index (Phi) is 8.23. The smallest absolute Gasteiger partial charge is 0.416 e. The molecule has 0 aliphatic rings. The van der Waals surface area contributed by atoms with Crippen LogP contribution >= 0.6 is 0 Å². The lowest BCUT2D eigenvalue weighted by Crippen LogP contribution is -2.29. The first kappa shape index (κ1) is 23.2. The number of benzene rings is 2. The fraction of sp³-hybridized carbons (Fsp3) is 0.333. The normalized spacial score (nSPS) is 12.2. The van der Waals surface area contributed by atoms with Gasteiger partial charge in [0.05, 0.1) is 30.3 Å².